The number of carbonyl (C=O) groups is 2. The highest BCUT2D eigenvalue weighted by atomic mass is 16.5. The molecule has 0 aromatic carbocycles. The van der Waals surface area contributed by atoms with E-state index in [9.17, 15) is 9.59 Å². The molecule has 0 spiro atoms. The third-order valence-electron chi connectivity index (χ3n) is 4.78. The van der Waals surface area contributed by atoms with Gasteiger partial charge in [0.05, 0.1) is 6.61 Å². The number of hydrogen-bond acceptors (Lipinski definition) is 3. The standard InChI is InChI=1S/C22H42O4/c1-2-3-4-17-20-26-22(25)19-16-14-12-10-8-6-5-7-9-11-13-15-18-21(23)24/h2-20H2,1H3,(H,23,24). The lowest BCUT2D eigenvalue weighted by molar-refractivity contribution is -0.144. The molecule has 26 heavy (non-hydrogen) atoms. The number of hydrogen-bond donors (Lipinski definition) is 1. The van der Waals surface area contributed by atoms with Crippen LogP contribution in [0.3, 0.4) is 0 Å². The smallest absolute Gasteiger partial charge is 0.305 e. The molecule has 4 nitrogen and oxygen atoms in total. The molecule has 0 unspecified atom stereocenters. The molecule has 0 saturated heterocycles. The molecular formula is C22H42O4. The van der Waals surface area contributed by atoms with Crippen LogP contribution < -0.4 is 0 Å². The van der Waals surface area contributed by atoms with Crippen LogP contribution in [0, 0.1) is 0 Å². The summed E-state index contributed by atoms with van der Waals surface area (Å²) in [6.45, 7) is 2.78. The van der Waals surface area contributed by atoms with Crippen LogP contribution in [0.25, 0.3) is 0 Å². The highest BCUT2D eigenvalue weighted by molar-refractivity contribution is 5.69. The van der Waals surface area contributed by atoms with Crippen LogP contribution in [0.4, 0.5) is 0 Å². The lowest BCUT2D eigenvalue weighted by atomic mass is 10.0. The molecule has 0 atom stereocenters. The second kappa shape index (κ2) is 20.3. The Morgan fingerprint density at radius 3 is 1.50 bits per heavy atom. The number of ether oxygens (including phenoxy) is 1. The Balaban J connectivity index is 3.12. The van der Waals surface area contributed by atoms with E-state index in [1.165, 1.54) is 64.2 Å². The van der Waals surface area contributed by atoms with Crippen molar-refractivity contribution in [2.24, 2.45) is 0 Å². The maximum Gasteiger partial charge on any atom is 0.305 e. The molecule has 0 heterocycles. The number of rotatable bonds is 20. The Hall–Kier alpha value is -1.06. The maximum absolute atomic E-state index is 11.6. The van der Waals surface area contributed by atoms with E-state index in [-0.39, 0.29) is 5.97 Å². The molecule has 0 radical (unpaired) electrons. The molecule has 0 saturated carbocycles. The minimum absolute atomic E-state index is 0.0233. The first-order valence-corrected chi connectivity index (χ1v) is 11.0. The van der Waals surface area contributed by atoms with Gasteiger partial charge in [0.2, 0.25) is 0 Å². The predicted molar refractivity (Wildman–Crippen MR) is 107 cm³/mol. The maximum atomic E-state index is 11.6. The minimum atomic E-state index is -0.677. The van der Waals surface area contributed by atoms with Gasteiger partial charge in [0.15, 0.2) is 0 Å². The van der Waals surface area contributed by atoms with E-state index in [0.29, 0.717) is 19.4 Å². The zero-order chi connectivity index (χ0) is 19.3. The molecule has 0 aliphatic rings. The van der Waals surface area contributed by atoms with E-state index < -0.39 is 5.97 Å². The van der Waals surface area contributed by atoms with Crippen molar-refractivity contribution in [2.75, 3.05) is 6.61 Å². The van der Waals surface area contributed by atoms with E-state index in [2.05, 4.69) is 6.92 Å². The SMILES string of the molecule is CCCCCCOC(=O)CCCCCCCCCCCCCCC(=O)O. The lowest BCUT2D eigenvalue weighted by Gasteiger charge is -2.05. The summed E-state index contributed by atoms with van der Waals surface area (Å²) in [5.41, 5.74) is 0. The number of carboxylic acids is 1. The molecule has 0 aromatic heterocycles. The predicted octanol–water partition coefficient (Wildman–Crippen LogP) is 6.66. The molecular weight excluding hydrogens is 328 g/mol. The zero-order valence-corrected chi connectivity index (χ0v) is 17.1. The third-order valence-corrected chi connectivity index (χ3v) is 4.78. The molecule has 0 aliphatic carbocycles. The summed E-state index contributed by atoms with van der Waals surface area (Å²) in [7, 11) is 0. The number of esters is 1. The fourth-order valence-corrected chi connectivity index (χ4v) is 3.10. The van der Waals surface area contributed by atoms with Crippen LogP contribution in [0.2, 0.25) is 0 Å². The first-order valence-electron chi connectivity index (χ1n) is 11.0. The van der Waals surface area contributed by atoms with Gasteiger partial charge in [-0.3, -0.25) is 9.59 Å². The van der Waals surface area contributed by atoms with Gasteiger partial charge < -0.3 is 9.84 Å². The highest BCUT2D eigenvalue weighted by Gasteiger charge is 2.02. The summed E-state index contributed by atoms with van der Waals surface area (Å²) >= 11 is 0. The average molecular weight is 371 g/mol. The summed E-state index contributed by atoms with van der Waals surface area (Å²) in [5, 5.41) is 8.56. The van der Waals surface area contributed by atoms with Crippen molar-refractivity contribution in [3.05, 3.63) is 0 Å². The first-order chi connectivity index (χ1) is 12.7. The Morgan fingerprint density at radius 1 is 0.615 bits per heavy atom. The summed E-state index contributed by atoms with van der Waals surface area (Å²) in [5.74, 6) is -0.700. The molecule has 0 aromatic rings. The zero-order valence-electron chi connectivity index (χ0n) is 17.1. The molecule has 0 aliphatic heterocycles. The lowest BCUT2D eigenvalue weighted by Crippen LogP contribution is -2.05. The van der Waals surface area contributed by atoms with Crippen LogP contribution in [-0.2, 0) is 14.3 Å². The van der Waals surface area contributed by atoms with Crippen LogP contribution in [0.15, 0.2) is 0 Å². The second-order valence-corrected chi connectivity index (χ2v) is 7.42. The van der Waals surface area contributed by atoms with E-state index in [4.69, 9.17) is 9.84 Å². The monoisotopic (exact) mass is 370 g/mol. The minimum Gasteiger partial charge on any atom is -0.481 e. The van der Waals surface area contributed by atoms with Gasteiger partial charge in [0.1, 0.15) is 0 Å². The van der Waals surface area contributed by atoms with Crippen molar-refractivity contribution in [3.8, 4) is 0 Å². The van der Waals surface area contributed by atoms with Gasteiger partial charge in [-0.25, -0.2) is 0 Å². The van der Waals surface area contributed by atoms with Crippen molar-refractivity contribution in [3.63, 3.8) is 0 Å². The van der Waals surface area contributed by atoms with Crippen molar-refractivity contribution in [2.45, 2.75) is 122 Å². The highest BCUT2D eigenvalue weighted by Crippen LogP contribution is 2.13. The average Bonchev–Trinajstić information content (AvgIpc) is 2.61. The van der Waals surface area contributed by atoms with E-state index in [0.717, 1.165) is 38.5 Å². The van der Waals surface area contributed by atoms with Gasteiger partial charge in [0.25, 0.3) is 0 Å². The molecule has 0 fully saturated rings. The summed E-state index contributed by atoms with van der Waals surface area (Å²) < 4.78 is 5.24. The summed E-state index contributed by atoms with van der Waals surface area (Å²) in [4.78, 5) is 21.9. The molecule has 4 heteroatoms. The number of carboxylic acid groups (broad SMARTS) is 1. The van der Waals surface area contributed by atoms with Crippen LogP contribution in [0.5, 0.6) is 0 Å². The van der Waals surface area contributed by atoms with Crippen LogP contribution in [-0.4, -0.2) is 23.7 Å². The second-order valence-electron chi connectivity index (χ2n) is 7.42. The quantitative estimate of drug-likeness (QED) is 0.192. The molecule has 1 N–H and O–H groups in total. The largest absolute Gasteiger partial charge is 0.481 e. The fourth-order valence-electron chi connectivity index (χ4n) is 3.10. The Kier molecular flexibility index (Phi) is 19.4. The van der Waals surface area contributed by atoms with Crippen molar-refractivity contribution in [1.82, 2.24) is 0 Å². The number of unbranched alkanes of at least 4 members (excludes halogenated alkanes) is 14. The fraction of sp³-hybridized carbons (Fsp3) is 0.909. The molecule has 0 amide bonds. The molecule has 0 bridgehead atoms. The molecule has 0 rings (SSSR count). The third kappa shape index (κ3) is 21.0. The first kappa shape index (κ1) is 24.9. The van der Waals surface area contributed by atoms with E-state index in [1.54, 1.807) is 0 Å². The van der Waals surface area contributed by atoms with Gasteiger partial charge in [-0.15, -0.1) is 0 Å². The van der Waals surface area contributed by atoms with Crippen LogP contribution in [0.1, 0.15) is 122 Å². The normalized spacial score (nSPS) is 10.8. The summed E-state index contributed by atoms with van der Waals surface area (Å²) in [6, 6.07) is 0. The van der Waals surface area contributed by atoms with Crippen molar-refractivity contribution < 1.29 is 19.4 Å². The number of carbonyl (C=O) groups excluding carboxylic acids is 1. The Bertz CT molecular complexity index is 328. The van der Waals surface area contributed by atoms with Crippen molar-refractivity contribution >= 4 is 11.9 Å². The van der Waals surface area contributed by atoms with Gasteiger partial charge in [-0.2, -0.15) is 0 Å². The Morgan fingerprint density at radius 2 is 1.04 bits per heavy atom. The molecule has 154 valence electrons. The van der Waals surface area contributed by atoms with E-state index >= 15 is 0 Å². The van der Waals surface area contributed by atoms with Gasteiger partial charge in [-0.1, -0.05) is 90.4 Å². The van der Waals surface area contributed by atoms with Gasteiger partial charge in [0, 0.05) is 12.8 Å². The van der Waals surface area contributed by atoms with E-state index in [1.807, 2.05) is 0 Å². The Labute approximate surface area is 161 Å². The van der Waals surface area contributed by atoms with Crippen LogP contribution >= 0.6 is 0 Å². The van der Waals surface area contributed by atoms with Gasteiger partial charge >= 0.3 is 11.9 Å². The van der Waals surface area contributed by atoms with Gasteiger partial charge in [-0.05, 0) is 19.3 Å². The van der Waals surface area contributed by atoms with Crippen molar-refractivity contribution in [1.29, 1.82) is 0 Å². The topological polar surface area (TPSA) is 63.6 Å². The summed E-state index contributed by atoms with van der Waals surface area (Å²) in [6.07, 6.45) is 19.5. The number of aliphatic carboxylic acids is 1.